The number of carbonyl (C=O) groups excluding carboxylic acids is 1. The van der Waals surface area contributed by atoms with Crippen molar-refractivity contribution >= 4 is 5.91 Å². The van der Waals surface area contributed by atoms with Gasteiger partial charge in [0, 0.05) is 5.92 Å². The lowest BCUT2D eigenvalue weighted by atomic mass is 9.91. The lowest BCUT2D eigenvalue weighted by Crippen LogP contribution is -2.30. The molecule has 0 bridgehead atoms. The van der Waals surface area contributed by atoms with E-state index in [2.05, 4.69) is 10.00 Å². The van der Waals surface area contributed by atoms with E-state index < -0.39 is 0 Å². The zero-order chi connectivity index (χ0) is 15.9. The van der Waals surface area contributed by atoms with Crippen molar-refractivity contribution in [2.45, 2.75) is 69.7 Å². The Morgan fingerprint density at radius 2 is 2.00 bits per heavy atom. The topological polar surface area (TPSA) is 85.8 Å². The van der Waals surface area contributed by atoms with Gasteiger partial charge >= 0.3 is 0 Å². The molecule has 0 radical (unpaired) electrons. The lowest BCUT2D eigenvalue weighted by molar-refractivity contribution is -0.117. The summed E-state index contributed by atoms with van der Waals surface area (Å²) in [7, 11) is 0. The van der Waals surface area contributed by atoms with E-state index in [0.717, 1.165) is 18.9 Å². The van der Waals surface area contributed by atoms with Gasteiger partial charge in [-0.2, -0.15) is 5.10 Å². The second kappa shape index (κ2) is 5.89. The normalized spacial score (nSPS) is 27.2. The van der Waals surface area contributed by atoms with Crippen LogP contribution in [0.5, 0.6) is 0 Å². The van der Waals surface area contributed by atoms with Crippen molar-refractivity contribution < 1.29 is 4.79 Å². The summed E-state index contributed by atoms with van der Waals surface area (Å²) in [6.45, 7) is 2.23. The predicted octanol–water partition coefficient (Wildman–Crippen LogP) is 1.67. The Kier molecular flexibility index (Phi) is 3.87. The first-order valence-electron chi connectivity index (χ1n) is 9.12. The average Bonchev–Trinajstić information content (AvgIpc) is 3.07. The van der Waals surface area contributed by atoms with E-state index in [9.17, 15) is 4.79 Å². The Balaban J connectivity index is 1.61. The highest BCUT2D eigenvalue weighted by molar-refractivity contribution is 5.75. The molecule has 126 valence electrons. The number of nitrogens with zero attached hydrogens (tertiary/aromatic N) is 3. The Hall–Kier alpha value is -1.43. The first-order chi connectivity index (χ1) is 11.2. The minimum atomic E-state index is -0.343. The third kappa shape index (κ3) is 2.89. The van der Waals surface area contributed by atoms with Gasteiger partial charge in [-0.15, -0.1) is 0 Å². The van der Waals surface area contributed by atoms with Gasteiger partial charge in [-0.25, -0.2) is 9.67 Å². The number of amides is 1. The fraction of sp³-hybridized carbons (Fsp3) is 0.824. The number of piperidine rings is 1. The highest BCUT2D eigenvalue weighted by Gasteiger charge is 2.57. The molecule has 1 aliphatic heterocycles. The second-order valence-corrected chi connectivity index (χ2v) is 7.63. The van der Waals surface area contributed by atoms with Crippen LogP contribution < -0.4 is 11.1 Å². The fourth-order valence-corrected chi connectivity index (χ4v) is 4.63. The van der Waals surface area contributed by atoms with Crippen LogP contribution in [0.15, 0.2) is 0 Å². The lowest BCUT2D eigenvalue weighted by Gasteiger charge is -2.26. The highest BCUT2D eigenvalue weighted by Crippen LogP contribution is 2.64. The van der Waals surface area contributed by atoms with Gasteiger partial charge in [-0.05, 0) is 50.6 Å². The summed E-state index contributed by atoms with van der Waals surface area (Å²) in [5.74, 6) is 1.94. The molecule has 1 atom stereocenters. The van der Waals surface area contributed by atoms with Crippen molar-refractivity contribution in [2.24, 2.45) is 11.1 Å². The Morgan fingerprint density at radius 1 is 1.26 bits per heavy atom. The molecule has 6 heteroatoms. The maximum atomic E-state index is 11.3. The molecule has 2 heterocycles. The highest BCUT2D eigenvalue weighted by atomic mass is 16.1. The quantitative estimate of drug-likeness (QED) is 0.884. The molecule has 23 heavy (non-hydrogen) atoms. The van der Waals surface area contributed by atoms with Gasteiger partial charge in [0.25, 0.3) is 0 Å². The second-order valence-electron chi connectivity index (χ2n) is 7.63. The van der Waals surface area contributed by atoms with Gasteiger partial charge in [0.15, 0.2) is 5.82 Å². The summed E-state index contributed by atoms with van der Waals surface area (Å²) < 4.78 is 2.18. The molecule has 2 saturated carbocycles. The van der Waals surface area contributed by atoms with Gasteiger partial charge in [0.1, 0.15) is 5.82 Å². The van der Waals surface area contributed by atoms with Crippen molar-refractivity contribution in [3.8, 4) is 0 Å². The molecule has 1 saturated heterocycles. The van der Waals surface area contributed by atoms with Crippen molar-refractivity contribution in [2.75, 3.05) is 13.1 Å². The van der Waals surface area contributed by atoms with Gasteiger partial charge in [0.2, 0.25) is 5.91 Å². The minimum absolute atomic E-state index is 0.161. The van der Waals surface area contributed by atoms with Crippen molar-refractivity contribution in [3.05, 3.63) is 11.6 Å². The Labute approximate surface area is 137 Å². The largest absolute Gasteiger partial charge is 0.369 e. The van der Waals surface area contributed by atoms with Crippen LogP contribution >= 0.6 is 0 Å². The van der Waals surface area contributed by atoms with Crippen LogP contribution in [0.4, 0.5) is 0 Å². The standard InChI is InChI=1S/C17H27N5O/c18-14(23)10-15-20-16(13-11-17(13)6-8-19-9-7-17)22(21-15)12-4-2-1-3-5-12/h12-13,19H,1-11H2,(H2,18,23). The van der Waals surface area contributed by atoms with Crippen LogP contribution in [0.2, 0.25) is 0 Å². The Morgan fingerprint density at radius 3 is 2.70 bits per heavy atom. The van der Waals surface area contributed by atoms with E-state index >= 15 is 0 Å². The summed E-state index contributed by atoms with van der Waals surface area (Å²) in [5.41, 5.74) is 5.79. The summed E-state index contributed by atoms with van der Waals surface area (Å²) in [6.07, 6.45) is 10.1. The number of primary amides is 1. The molecule has 0 aromatic carbocycles. The number of nitrogens with one attached hydrogen (secondary N) is 1. The van der Waals surface area contributed by atoms with E-state index in [4.69, 9.17) is 15.8 Å². The molecule has 6 nitrogen and oxygen atoms in total. The van der Waals surface area contributed by atoms with E-state index in [1.165, 1.54) is 51.4 Å². The number of nitrogens with two attached hydrogens (primary N) is 1. The maximum Gasteiger partial charge on any atom is 0.225 e. The van der Waals surface area contributed by atoms with E-state index in [1.807, 2.05) is 0 Å². The number of carbonyl (C=O) groups is 1. The number of rotatable bonds is 4. The molecule has 1 aromatic heterocycles. The third-order valence-electron chi connectivity index (χ3n) is 6.06. The molecule has 3 fully saturated rings. The first kappa shape index (κ1) is 15.1. The first-order valence-corrected chi connectivity index (χ1v) is 9.12. The molecular weight excluding hydrogens is 290 g/mol. The summed E-state index contributed by atoms with van der Waals surface area (Å²) >= 11 is 0. The summed E-state index contributed by atoms with van der Waals surface area (Å²) in [5, 5.41) is 8.16. The third-order valence-corrected chi connectivity index (χ3v) is 6.06. The monoisotopic (exact) mass is 317 g/mol. The molecule has 1 unspecified atom stereocenters. The van der Waals surface area contributed by atoms with Gasteiger partial charge in [-0.1, -0.05) is 19.3 Å². The summed E-state index contributed by atoms with van der Waals surface area (Å²) in [6, 6.07) is 0.465. The van der Waals surface area contributed by atoms with E-state index in [-0.39, 0.29) is 12.3 Å². The van der Waals surface area contributed by atoms with E-state index in [0.29, 0.717) is 23.2 Å². The maximum absolute atomic E-state index is 11.3. The predicted molar refractivity (Wildman–Crippen MR) is 86.9 cm³/mol. The number of aromatic nitrogens is 3. The van der Waals surface area contributed by atoms with Crippen LogP contribution in [0.25, 0.3) is 0 Å². The Bertz CT molecular complexity index is 584. The van der Waals surface area contributed by atoms with Gasteiger partial charge in [-0.3, -0.25) is 4.79 Å². The molecule has 1 amide bonds. The van der Waals surface area contributed by atoms with Crippen molar-refractivity contribution in [1.82, 2.24) is 20.1 Å². The number of hydrogen-bond donors (Lipinski definition) is 2. The van der Waals surface area contributed by atoms with E-state index in [1.54, 1.807) is 0 Å². The molecule has 3 N–H and O–H groups in total. The zero-order valence-corrected chi connectivity index (χ0v) is 13.8. The van der Waals surface area contributed by atoms with Crippen LogP contribution in [0.1, 0.15) is 75.0 Å². The fourth-order valence-electron chi connectivity index (χ4n) is 4.63. The van der Waals surface area contributed by atoms with Crippen LogP contribution in [0, 0.1) is 5.41 Å². The average molecular weight is 317 g/mol. The minimum Gasteiger partial charge on any atom is -0.369 e. The molecule has 2 aliphatic carbocycles. The van der Waals surface area contributed by atoms with Gasteiger partial charge < -0.3 is 11.1 Å². The van der Waals surface area contributed by atoms with Crippen LogP contribution in [-0.4, -0.2) is 33.8 Å². The van der Waals surface area contributed by atoms with Crippen molar-refractivity contribution in [1.29, 1.82) is 0 Å². The molecule has 4 rings (SSSR count). The van der Waals surface area contributed by atoms with Crippen LogP contribution in [0.3, 0.4) is 0 Å². The molecule has 1 spiro atoms. The van der Waals surface area contributed by atoms with Gasteiger partial charge in [0.05, 0.1) is 12.5 Å². The molecule has 1 aromatic rings. The van der Waals surface area contributed by atoms with Crippen molar-refractivity contribution in [3.63, 3.8) is 0 Å². The summed E-state index contributed by atoms with van der Waals surface area (Å²) in [4.78, 5) is 16.0. The SMILES string of the molecule is NC(=O)Cc1nc(C2CC23CCNCC3)n(C2CCCCC2)n1. The smallest absolute Gasteiger partial charge is 0.225 e. The molecule has 3 aliphatic rings. The van der Waals surface area contributed by atoms with Crippen LogP contribution in [-0.2, 0) is 11.2 Å². The molecular formula is C17H27N5O. The number of hydrogen-bond acceptors (Lipinski definition) is 4. The zero-order valence-electron chi connectivity index (χ0n) is 13.8.